The number of esters is 1. The number of carbonyl (C=O) groups excluding carboxylic acids is 2. The number of rotatable bonds is 5. The van der Waals surface area contributed by atoms with Crippen molar-refractivity contribution in [1.82, 2.24) is 14.8 Å². The minimum Gasteiger partial charge on any atom is -0.462 e. The summed E-state index contributed by atoms with van der Waals surface area (Å²) in [5.74, 6) is -0.362. The Morgan fingerprint density at radius 3 is 2.44 bits per heavy atom. The summed E-state index contributed by atoms with van der Waals surface area (Å²) in [5, 5.41) is 2.88. The van der Waals surface area contributed by atoms with Crippen molar-refractivity contribution < 1.29 is 14.3 Å². The molecule has 0 bridgehead atoms. The van der Waals surface area contributed by atoms with Gasteiger partial charge in [-0.25, -0.2) is 9.59 Å². The van der Waals surface area contributed by atoms with Gasteiger partial charge in [0.15, 0.2) is 0 Å². The summed E-state index contributed by atoms with van der Waals surface area (Å²) < 4.78 is 4.95. The van der Waals surface area contributed by atoms with Gasteiger partial charge in [0.2, 0.25) is 0 Å². The highest BCUT2D eigenvalue weighted by atomic mass is 16.5. The lowest BCUT2D eigenvalue weighted by atomic mass is 10.2. The molecule has 1 aromatic heterocycles. The summed E-state index contributed by atoms with van der Waals surface area (Å²) in [6, 6.07) is 12.5. The van der Waals surface area contributed by atoms with E-state index in [4.69, 9.17) is 4.74 Å². The molecule has 1 aliphatic heterocycles. The fourth-order valence-corrected chi connectivity index (χ4v) is 2.94. The number of pyridine rings is 1. The first-order chi connectivity index (χ1) is 13.2. The minimum atomic E-state index is -0.362. The van der Waals surface area contributed by atoms with Crippen molar-refractivity contribution in [2.45, 2.75) is 13.5 Å². The molecular formula is C20H24N4O3. The molecule has 7 heteroatoms. The highest BCUT2D eigenvalue weighted by molar-refractivity contribution is 5.92. The Balaban J connectivity index is 1.47. The van der Waals surface area contributed by atoms with E-state index in [2.05, 4.69) is 15.2 Å². The van der Waals surface area contributed by atoms with Gasteiger partial charge < -0.3 is 15.0 Å². The molecule has 3 rings (SSSR count). The van der Waals surface area contributed by atoms with Crippen molar-refractivity contribution >= 4 is 17.7 Å². The Morgan fingerprint density at radius 2 is 1.81 bits per heavy atom. The Bertz CT molecular complexity index is 757. The Labute approximate surface area is 158 Å². The minimum absolute atomic E-state index is 0.128. The fourth-order valence-electron chi connectivity index (χ4n) is 2.94. The van der Waals surface area contributed by atoms with Gasteiger partial charge in [-0.1, -0.05) is 6.07 Å². The molecule has 0 unspecified atom stereocenters. The number of aromatic nitrogens is 1. The maximum Gasteiger partial charge on any atom is 0.338 e. The zero-order valence-corrected chi connectivity index (χ0v) is 15.4. The van der Waals surface area contributed by atoms with Crippen LogP contribution in [-0.4, -0.2) is 59.6 Å². The van der Waals surface area contributed by atoms with Gasteiger partial charge in [-0.15, -0.1) is 0 Å². The number of benzene rings is 1. The third-order valence-corrected chi connectivity index (χ3v) is 4.42. The lowest BCUT2D eigenvalue weighted by Crippen LogP contribution is -2.49. The molecular weight excluding hydrogens is 344 g/mol. The monoisotopic (exact) mass is 368 g/mol. The number of hydrogen-bond donors (Lipinski definition) is 1. The number of amides is 2. The summed E-state index contributed by atoms with van der Waals surface area (Å²) in [5.41, 5.74) is 2.17. The number of urea groups is 1. The molecule has 1 fully saturated rings. The normalized spacial score (nSPS) is 14.6. The summed E-state index contributed by atoms with van der Waals surface area (Å²) in [7, 11) is 0. The zero-order valence-electron chi connectivity index (χ0n) is 15.4. The molecule has 27 heavy (non-hydrogen) atoms. The molecule has 0 aliphatic carbocycles. The maximum atomic E-state index is 12.4. The number of ether oxygens (including phenoxy) is 1. The molecule has 7 nitrogen and oxygen atoms in total. The molecule has 0 spiro atoms. The van der Waals surface area contributed by atoms with Crippen molar-refractivity contribution in [3.63, 3.8) is 0 Å². The van der Waals surface area contributed by atoms with Gasteiger partial charge in [0.25, 0.3) is 0 Å². The zero-order chi connectivity index (χ0) is 19.1. The van der Waals surface area contributed by atoms with E-state index in [1.165, 1.54) is 0 Å². The fraction of sp³-hybridized carbons (Fsp3) is 0.350. The SMILES string of the molecule is CCOC(=O)c1ccc(NC(=O)N2CCN(Cc3ccccn3)CC2)cc1. The highest BCUT2D eigenvalue weighted by Gasteiger charge is 2.21. The molecule has 0 atom stereocenters. The van der Waals surface area contributed by atoms with E-state index in [0.29, 0.717) is 30.9 Å². The maximum absolute atomic E-state index is 12.4. The van der Waals surface area contributed by atoms with Gasteiger partial charge in [0, 0.05) is 44.6 Å². The van der Waals surface area contributed by atoms with Gasteiger partial charge in [0.05, 0.1) is 17.9 Å². The third-order valence-electron chi connectivity index (χ3n) is 4.42. The standard InChI is InChI=1S/C20H24N4O3/c1-2-27-19(25)16-6-8-17(9-7-16)22-20(26)24-13-11-23(12-14-24)15-18-5-3-4-10-21-18/h3-10H,2,11-15H2,1H3,(H,22,26). The van der Waals surface area contributed by atoms with E-state index >= 15 is 0 Å². The van der Waals surface area contributed by atoms with Crippen LogP contribution in [0.15, 0.2) is 48.7 Å². The molecule has 0 saturated carbocycles. The van der Waals surface area contributed by atoms with Crippen LogP contribution in [0.3, 0.4) is 0 Å². The number of anilines is 1. The average molecular weight is 368 g/mol. The second kappa shape index (κ2) is 9.14. The molecule has 1 aromatic carbocycles. The van der Waals surface area contributed by atoms with Crippen molar-refractivity contribution in [3.8, 4) is 0 Å². The summed E-state index contributed by atoms with van der Waals surface area (Å²) in [4.78, 5) is 32.5. The van der Waals surface area contributed by atoms with E-state index in [1.807, 2.05) is 18.2 Å². The Hall–Kier alpha value is -2.93. The molecule has 1 N–H and O–H groups in total. The van der Waals surface area contributed by atoms with Crippen LogP contribution in [0.2, 0.25) is 0 Å². The average Bonchev–Trinajstić information content (AvgIpc) is 2.70. The van der Waals surface area contributed by atoms with Gasteiger partial charge >= 0.3 is 12.0 Å². The van der Waals surface area contributed by atoms with Crippen molar-refractivity contribution in [2.75, 3.05) is 38.1 Å². The largest absolute Gasteiger partial charge is 0.462 e. The van der Waals surface area contributed by atoms with Crippen molar-refractivity contribution in [2.24, 2.45) is 0 Å². The third kappa shape index (κ3) is 5.27. The van der Waals surface area contributed by atoms with Gasteiger partial charge in [0.1, 0.15) is 0 Å². The number of nitrogens with one attached hydrogen (secondary N) is 1. The van der Waals surface area contributed by atoms with Gasteiger partial charge in [-0.2, -0.15) is 0 Å². The van der Waals surface area contributed by atoms with Crippen LogP contribution in [0, 0.1) is 0 Å². The summed E-state index contributed by atoms with van der Waals surface area (Å²) in [6.07, 6.45) is 1.80. The first kappa shape index (κ1) is 18.8. The molecule has 2 amide bonds. The van der Waals surface area contributed by atoms with Crippen LogP contribution in [0.4, 0.5) is 10.5 Å². The second-order valence-corrected chi connectivity index (χ2v) is 6.31. The first-order valence-electron chi connectivity index (χ1n) is 9.11. The Kier molecular flexibility index (Phi) is 6.38. The van der Waals surface area contributed by atoms with Crippen LogP contribution in [0.25, 0.3) is 0 Å². The number of nitrogens with zero attached hydrogens (tertiary/aromatic N) is 3. The molecule has 1 aliphatic rings. The predicted octanol–water partition coefficient (Wildman–Crippen LogP) is 2.61. The molecule has 2 heterocycles. The van der Waals surface area contributed by atoms with E-state index < -0.39 is 0 Å². The van der Waals surface area contributed by atoms with E-state index in [9.17, 15) is 9.59 Å². The van der Waals surface area contributed by atoms with Crippen LogP contribution >= 0.6 is 0 Å². The Morgan fingerprint density at radius 1 is 1.07 bits per heavy atom. The predicted molar refractivity (Wildman–Crippen MR) is 103 cm³/mol. The second-order valence-electron chi connectivity index (χ2n) is 6.31. The van der Waals surface area contributed by atoms with Gasteiger partial charge in [-0.3, -0.25) is 9.88 Å². The molecule has 142 valence electrons. The molecule has 2 aromatic rings. The lowest BCUT2D eigenvalue weighted by molar-refractivity contribution is 0.0526. The number of hydrogen-bond acceptors (Lipinski definition) is 5. The summed E-state index contributed by atoms with van der Waals surface area (Å²) >= 11 is 0. The van der Waals surface area contributed by atoms with E-state index in [1.54, 1.807) is 42.3 Å². The van der Waals surface area contributed by atoms with Crippen LogP contribution in [-0.2, 0) is 11.3 Å². The van der Waals surface area contributed by atoms with E-state index in [0.717, 1.165) is 25.3 Å². The number of piperazine rings is 1. The lowest BCUT2D eigenvalue weighted by Gasteiger charge is -2.34. The van der Waals surface area contributed by atoms with Gasteiger partial charge in [-0.05, 0) is 43.3 Å². The van der Waals surface area contributed by atoms with Crippen molar-refractivity contribution in [1.29, 1.82) is 0 Å². The summed E-state index contributed by atoms with van der Waals surface area (Å²) in [6.45, 7) is 5.86. The topological polar surface area (TPSA) is 74.8 Å². The van der Waals surface area contributed by atoms with Crippen LogP contribution < -0.4 is 5.32 Å². The van der Waals surface area contributed by atoms with Crippen molar-refractivity contribution in [3.05, 3.63) is 59.9 Å². The van der Waals surface area contributed by atoms with Crippen LogP contribution in [0.1, 0.15) is 23.0 Å². The smallest absolute Gasteiger partial charge is 0.338 e. The quantitative estimate of drug-likeness (QED) is 0.821. The molecule has 1 saturated heterocycles. The van der Waals surface area contributed by atoms with Crippen LogP contribution in [0.5, 0.6) is 0 Å². The number of carbonyl (C=O) groups is 2. The molecule has 0 radical (unpaired) electrons. The van der Waals surface area contributed by atoms with E-state index in [-0.39, 0.29) is 12.0 Å². The first-order valence-corrected chi connectivity index (χ1v) is 9.11. The highest BCUT2D eigenvalue weighted by Crippen LogP contribution is 2.13.